The van der Waals surface area contributed by atoms with Crippen molar-refractivity contribution < 1.29 is 28.6 Å². The van der Waals surface area contributed by atoms with Gasteiger partial charge in [0.2, 0.25) is 0 Å². The number of ether oxygens (including phenoxy) is 3. The van der Waals surface area contributed by atoms with Crippen LogP contribution in [0.2, 0.25) is 0 Å². The highest BCUT2D eigenvalue weighted by molar-refractivity contribution is 5.88. The zero-order chi connectivity index (χ0) is 24.0. The van der Waals surface area contributed by atoms with Crippen LogP contribution in [0.4, 0.5) is 0 Å². The summed E-state index contributed by atoms with van der Waals surface area (Å²) in [7, 11) is 1.45. The molecule has 1 N–H and O–H groups in total. The van der Waals surface area contributed by atoms with Crippen LogP contribution >= 0.6 is 0 Å². The lowest BCUT2D eigenvalue weighted by atomic mass is 9.55. The van der Waals surface area contributed by atoms with Crippen LogP contribution in [0.1, 0.15) is 50.8 Å². The van der Waals surface area contributed by atoms with Gasteiger partial charge in [-0.15, -0.1) is 0 Å². The fourth-order valence-electron chi connectivity index (χ4n) is 7.06. The number of aromatic amines is 1. The van der Waals surface area contributed by atoms with Crippen LogP contribution in [-0.2, 0) is 35.7 Å². The highest BCUT2D eigenvalue weighted by atomic mass is 16.5. The molecule has 4 heterocycles. The summed E-state index contributed by atoms with van der Waals surface area (Å²) in [6.07, 6.45) is 3.94. The lowest BCUT2D eigenvalue weighted by Gasteiger charge is -2.59. The van der Waals surface area contributed by atoms with Gasteiger partial charge in [-0.3, -0.25) is 19.3 Å². The molecule has 3 fully saturated rings. The average molecular weight is 469 g/mol. The van der Waals surface area contributed by atoms with Crippen LogP contribution in [0.15, 0.2) is 18.2 Å². The predicted molar refractivity (Wildman–Crippen MR) is 124 cm³/mol. The van der Waals surface area contributed by atoms with E-state index in [-0.39, 0.29) is 23.9 Å². The number of nitrogens with one attached hydrogen (secondary N) is 1. The summed E-state index contributed by atoms with van der Waals surface area (Å²) in [5.41, 5.74) is 2.89. The molecule has 6 rings (SSSR count). The first-order valence-electron chi connectivity index (χ1n) is 12.1. The fraction of sp³-hybridized carbons (Fsp3) is 0.577. The Morgan fingerprint density at radius 3 is 2.76 bits per heavy atom. The second kappa shape index (κ2) is 8.73. The second-order valence-electron chi connectivity index (χ2n) is 10.1. The first kappa shape index (κ1) is 22.9. The lowest BCUT2D eigenvalue weighted by Crippen LogP contribution is -2.65. The van der Waals surface area contributed by atoms with Gasteiger partial charge in [0.05, 0.1) is 20.1 Å². The fourth-order valence-corrected chi connectivity index (χ4v) is 7.06. The highest BCUT2D eigenvalue weighted by Gasteiger charge is 2.59. The minimum atomic E-state index is -0.401. The topological polar surface area (TPSA) is 97.9 Å². The third kappa shape index (κ3) is 3.87. The summed E-state index contributed by atoms with van der Waals surface area (Å²) in [6.45, 7) is 5.16. The van der Waals surface area contributed by atoms with Gasteiger partial charge >= 0.3 is 17.9 Å². The SMILES string of the molecule is COC(=O)CC12CC3CC(CCOC(C)=O)C1N(CCc1c2[nH]c2ccc(OC(C)=O)cc12)C3. The Bertz CT molecular complexity index is 1140. The molecule has 0 amide bonds. The van der Waals surface area contributed by atoms with Crippen molar-refractivity contribution in [3.8, 4) is 5.75 Å². The van der Waals surface area contributed by atoms with Gasteiger partial charge in [0.15, 0.2) is 0 Å². The molecule has 4 aliphatic rings. The molecule has 1 aliphatic carbocycles. The number of fused-ring (bicyclic) bond motifs is 4. The molecule has 2 aromatic rings. The average Bonchev–Trinajstić information content (AvgIpc) is 3.11. The van der Waals surface area contributed by atoms with Crippen LogP contribution in [0.3, 0.4) is 0 Å². The Kier molecular flexibility index (Phi) is 5.88. The van der Waals surface area contributed by atoms with Gasteiger partial charge in [-0.2, -0.15) is 0 Å². The molecule has 5 unspecified atom stereocenters. The number of nitrogens with zero attached hydrogens (tertiary/aromatic N) is 1. The molecule has 1 aromatic heterocycles. The predicted octanol–water partition coefficient (Wildman–Crippen LogP) is 3.11. The van der Waals surface area contributed by atoms with E-state index >= 15 is 0 Å². The normalized spacial score (nSPS) is 29.3. The number of carbonyl (C=O) groups is 3. The van der Waals surface area contributed by atoms with Gasteiger partial charge in [0.1, 0.15) is 5.75 Å². The summed E-state index contributed by atoms with van der Waals surface area (Å²) < 4.78 is 15.9. The van der Waals surface area contributed by atoms with Gasteiger partial charge in [-0.05, 0) is 61.3 Å². The van der Waals surface area contributed by atoms with Crippen molar-refractivity contribution in [3.05, 3.63) is 29.5 Å². The van der Waals surface area contributed by atoms with E-state index in [1.165, 1.54) is 26.5 Å². The van der Waals surface area contributed by atoms with Gasteiger partial charge in [0, 0.05) is 55.0 Å². The smallest absolute Gasteiger partial charge is 0.308 e. The molecule has 182 valence electrons. The maximum Gasteiger partial charge on any atom is 0.308 e. The number of methoxy groups -OCH3 is 1. The summed E-state index contributed by atoms with van der Waals surface area (Å²) in [5, 5.41) is 1.04. The molecular formula is C26H32N2O6. The Labute approximate surface area is 198 Å². The van der Waals surface area contributed by atoms with E-state index in [9.17, 15) is 14.4 Å². The van der Waals surface area contributed by atoms with E-state index in [1.54, 1.807) is 6.07 Å². The van der Waals surface area contributed by atoms with E-state index in [2.05, 4.69) is 9.88 Å². The number of piperidine rings is 2. The van der Waals surface area contributed by atoms with E-state index in [4.69, 9.17) is 14.2 Å². The Morgan fingerprint density at radius 2 is 2.03 bits per heavy atom. The maximum absolute atomic E-state index is 12.8. The molecule has 4 bridgehead atoms. The standard InChI is InChI=1S/C26H32N2O6/c1-15(29)33-9-7-18-10-17-12-26(13-23(31)32-3)24-20(6-8-28(14-17)25(18)26)21-11-19(34-16(2)30)4-5-22(21)27-24/h4-5,11,17-18,25,27H,6-10,12-14H2,1-3H3. The quantitative estimate of drug-likeness (QED) is 0.514. The molecule has 8 heteroatoms. The van der Waals surface area contributed by atoms with Crippen LogP contribution in [0.5, 0.6) is 5.75 Å². The number of benzene rings is 1. The van der Waals surface area contributed by atoms with E-state index < -0.39 is 5.41 Å². The van der Waals surface area contributed by atoms with Gasteiger partial charge < -0.3 is 19.2 Å². The summed E-state index contributed by atoms with van der Waals surface area (Å²) in [5.74, 6) is 0.495. The number of carbonyl (C=O) groups excluding carboxylic acids is 3. The number of H-pyrrole nitrogens is 1. The van der Waals surface area contributed by atoms with E-state index in [0.29, 0.717) is 30.6 Å². The molecular weight excluding hydrogens is 436 g/mol. The zero-order valence-corrected chi connectivity index (χ0v) is 20.0. The molecule has 1 aromatic carbocycles. The third-order valence-electron chi connectivity index (χ3n) is 7.96. The Morgan fingerprint density at radius 1 is 1.21 bits per heavy atom. The summed E-state index contributed by atoms with van der Waals surface area (Å²) in [6, 6.07) is 5.84. The monoisotopic (exact) mass is 468 g/mol. The molecule has 3 aliphatic heterocycles. The van der Waals surface area contributed by atoms with E-state index in [1.807, 2.05) is 12.1 Å². The highest BCUT2D eigenvalue weighted by Crippen LogP contribution is 2.56. The van der Waals surface area contributed by atoms with Gasteiger partial charge in [0.25, 0.3) is 0 Å². The van der Waals surface area contributed by atoms with Gasteiger partial charge in [-0.1, -0.05) is 0 Å². The maximum atomic E-state index is 12.8. The molecule has 2 saturated heterocycles. The van der Waals surface area contributed by atoms with Crippen molar-refractivity contribution in [3.63, 3.8) is 0 Å². The lowest BCUT2D eigenvalue weighted by molar-refractivity contribution is -0.147. The first-order valence-corrected chi connectivity index (χ1v) is 12.1. The van der Waals surface area contributed by atoms with Crippen molar-refractivity contribution in [2.24, 2.45) is 11.8 Å². The number of aromatic nitrogens is 1. The van der Waals surface area contributed by atoms with Crippen molar-refractivity contribution in [2.75, 3.05) is 26.8 Å². The minimum Gasteiger partial charge on any atom is -0.469 e. The Balaban J connectivity index is 1.61. The van der Waals surface area contributed by atoms with E-state index in [0.717, 1.165) is 55.4 Å². The third-order valence-corrected chi connectivity index (χ3v) is 7.96. The molecule has 5 atom stereocenters. The first-order chi connectivity index (χ1) is 16.3. The number of hydrogen-bond donors (Lipinski definition) is 1. The van der Waals surface area contributed by atoms with Gasteiger partial charge in [-0.25, -0.2) is 0 Å². The number of rotatable bonds is 6. The summed E-state index contributed by atoms with van der Waals surface area (Å²) >= 11 is 0. The number of esters is 3. The van der Waals surface area contributed by atoms with Crippen molar-refractivity contribution in [2.45, 2.75) is 57.4 Å². The molecule has 1 saturated carbocycles. The van der Waals surface area contributed by atoms with Crippen molar-refractivity contribution in [1.82, 2.24) is 9.88 Å². The van der Waals surface area contributed by atoms with Crippen LogP contribution in [0, 0.1) is 11.8 Å². The number of hydrogen-bond acceptors (Lipinski definition) is 7. The minimum absolute atomic E-state index is 0.161. The van der Waals surface area contributed by atoms with Crippen molar-refractivity contribution >= 4 is 28.8 Å². The molecule has 8 nitrogen and oxygen atoms in total. The summed E-state index contributed by atoms with van der Waals surface area (Å²) in [4.78, 5) is 41.9. The zero-order valence-electron chi connectivity index (χ0n) is 20.0. The van der Waals surface area contributed by atoms with Crippen LogP contribution < -0.4 is 4.74 Å². The largest absolute Gasteiger partial charge is 0.469 e. The molecule has 34 heavy (non-hydrogen) atoms. The second-order valence-corrected chi connectivity index (χ2v) is 10.1. The van der Waals surface area contributed by atoms with Crippen LogP contribution in [-0.4, -0.2) is 60.6 Å². The molecule has 0 radical (unpaired) electrons. The van der Waals surface area contributed by atoms with Crippen molar-refractivity contribution in [1.29, 1.82) is 0 Å². The van der Waals surface area contributed by atoms with Crippen LogP contribution in [0.25, 0.3) is 10.9 Å². The molecule has 0 spiro atoms. The Hall–Kier alpha value is -2.87.